The molecular formula is C36H52Si4. The van der Waals surface area contributed by atoms with Gasteiger partial charge < -0.3 is 0 Å². The van der Waals surface area contributed by atoms with E-state index in [0.717, 1.165) is 0 Å². The highest BCUT2D eigenvalue weighted by molar-refractivity contribution is 7.13. The molecule has 0 radical (unpaired) electrons. The fraction of sp³-hybridized carbons (Fsp3) is 0.389. The Morgan fingerprint density at radius 1 is 0.350 bits per heavy atom. The molecule has 4 heteroatoms. The second kappa shape index (κ2) is 10.7. The van der Waals surface area contributed by atoms with Crippen LogP contribution in [0.4, 0.5) is 0 Å². The van der Waals surface area contributed by atoms with Crippen LogP contribution in [-0.2, 0) is 0 Å². The summed E-state index contributed by atoms with van der Waals surface area (Å²) in [4.78, 5) is 0. The Bertz CT molecular complexity index is 1270. The van der Waals surface area contributed by atoms with Crippen LogP contribution in [0.2, 0.25) is 64.5 Å². The van der Waals surface area contributed by atoms with Crippen molar-refractivity contribution in [3.05, 3.63) is 95.1 Å². The Labute approximate surface area is 249 Å². The van der Waals surface area contributed by atoms with Crippen LogP contribution in [0, 0.1) is 0 Å². The van der Waals surface area contributed by atoms with Crippen molar-refractivity contribution in [1.82, 2.24) is 0 Å². The standard InChI is InChI=1S/C36H52Si4/c1-26-27(2)29(4)36(28(26)3)40(33-20-14-30(15-21-33)37(5,6)7,34-22-16-31(17-23-34)38(8,9)10)35-24-18-32(19-25-35)39(11,12)13/h14-25,36H,1-13H3. The Balaban J connectivity index is 2.13. The van der Waals surface area contributed by atoms with E-state index in [1.807, 2.05) is 0 Å². The molecule has 0 N–H and O–H groups in total. The van der Waals surface area contributed by atoms with Gasteiger partial charge in [-0.3, -0.25) is 0 Å². The van der Waals surface area contributed by atoms with Gasteiger partial charge in [0, 0.05) is 5.54 Å². The molecule has 1 aliphatic carbocycles. The van der Waals surface area contributed by atoms with Crippen LogP contribution in [0.25, 0.3) is 0 Å². The molecule has 1 aliphatic rings. The molecular weight excluding hydrogens is 545 g/mol. The third-order valence-corrected chi connectivity index (χ3v) is 21.3. The summed E-state index contributed by atoms with van der Waals surface area (Å²) in [5.41, 5.74) is 6.55. The molecule has 0 saturated heterocycles. The van der Waals surface area contributed by atoms with Gasteiger partial charge in [0.25, 0.3) is 0 Å². The zero-order valence-electron chi connectivity index (χ0n) is 27.5. The molecule has 0 saturated carbocycles. The average molecular weight is 597 g/mol. The number of rotatable bonds is 7. The SMILES string of the molecule is CC1=C(C)C([Si](c2ccc([Si](C)(C)C)cc2)(c2ccc([Si](C)(C)C)cc2)c2ccc([Si](C)(C)C)cc2)C(C)=C1C. The van der Waals surface area contributed by atoms with Gasteiger partial charge in [-0.1, -0.05) is 158 Å². The first-order chi connectivity index (χ1) is 18.4. The molecule has 0 aliphatic heterocycles. The van der Waals surface area contributed by atoms with Crippen molar-refractivity contribution in [2.24, 2.45) is 0 Å². The minimum atomic E-state index is -2.52. The largest absolute Gasteiger partial charge is 0.159 e. The molecule has 40 heavy (non-hydrogen) atoms. The van der Waals surface area contributed by atoms with Crippen LogP contribution < -0.4 is 31.1 Å². The van der Waals surface area contributed by atoms with Gasteiger partial charge in [-0.05, 0) is 54.4 Å². The maximum Gasteiger partial charge on any atom is 0.159 e. The van der Waals surface area contributed by atoms with Crippen LogP contribution >= 0.6 is 0 Å². The summed E-state index contributed by atoms with van der Waals surface area (Å²) in [5.74, 6) is 0. The maximum atomic E-state index is 2.53. The highest BCUT2D eigenvalue weighted by Gasteiger charge is 2.50. The predicted octanol–water partition coefficient (Wildman–Crippen LogP) is 6.85. The zero-order valence-corrected chi connectivity index (χ0v) is 31.5. The van der Waals surface area contributed by atoms with Crippen molar-refractivity contribution in [1.29, 1.82) is 0 Å². The molecule has 3 aromatic carbocycles. The molecule has 3 aromatic rings. The highest BCUT2D eigenvalue weighted by atomic mass is 28.3. The van der Waals surface area contributed by atoms with E-state index in [-0.39, 0.29) is 0 Å². The van der Waals surface area contributed by atoms with Gasteiger partial charge in [0.1, 0.15) is 0 Å². The summed E-state index contributed by atoms with van der Waals surface area (Å²) >= 11 is 0. The van der Waals surface area contributed by atoms with E-state index in [9.17, 15) is 0 Å². The molecule has 0 nitrogen and oxygen atoms in total. The predicted molar refractivity (Wildman–Crippen MR) is 193 cm³/mol. The molecule has 212 valence electrons. The normalized spacial score (nSPS) is 15.8. The minimum Gasteiger partial charge on any atom is -0.0656 e. The number of benzene rings is 3. The van der Waals surface area contributed by atoms with Gasteiger partial charge in [-0.25, -0.2) is 0 Å². The van der Waals surface area contributed by atoms with E-state index in [0.29, 0.717) is 5.54 Å². The third kappa shape index (κ3) is 5.45. The second-order valence-corrected chi connectivity index (χ2v) is 34.5. The van der Waals surface area contributed by atoms with E-state index >= 15 is 0 Å². The van der Waals surface area contributed by atoms with Crippen LogP contribution in [0.5, 0.6) is 0 Å². The Morgan fingerprint density at radius 2 is 0.550 bits per heavy atom. The van der Waals surface area contributed by atoms with Gasteiger partial charge in [-0.15, -0.1) is 0 Å². The second-order valence-electron chi connectivity index (χ2n) is 15.3. The van der Waals surface area contributed by atoms with Crippen molar-refractivity contribution < 1.29 is 0 Å². The van der Waals surface area contributed by atoms with Crippen LogP contribution in [0.3, 0.4) is 0 Å². The van der Waals surface area contributed by atoms with Crippen LogP contribution in [-0.4, -0.2) is 32.3 Å². The van der Waals surface area contributed by atoms with E-state index < -0.39 is 32.3 Å². The van der Waals surface area contributed by atoms with Crippen molar-refractivity contribution in [2.45, 2.75) is 92.2 Å². The van der Waals surface area contributed by atoms with Gasteiger partial charge >= 0.3 is 0 Å². The lowest BCUT2D eigenvalue weighted by atomic mass is 10.1. The van der Waals surface area contributed by atoms with E-state index in [2.05, 4.69) is 159 Å². The van der Waals surface area contributed by atoms with Gasteiger partial charge in [0.15, 0.2) is 8.07 Å². The minimum absolute atomic E-state index is 0.417. The molecule has 0 heterocycles. The van der Waals surface area contributed by atoms with Gasteiger partial charge in [0.05, 0.1) is 24.2 Å². The molecule has 0 amide bonds. The molecule has 0 aromatic heterocycles. The molecule has 0 bridgehead atoms. The molecule has 0 fully saturated rings. The Kier molecular flexibility index (Phi) is 8.27. The van der Waals surface area contributed by atoms with Crippen molar-refractivity contribution in [2.75, 3.05) is 0 Å². The summed E-state index contributed by atoms with van der Waals surface area (Å²) in [5, 5.41) is 9.26. The Hall–Kier alpha value is -1.99. The summed E-state index contributed by atoms with van der Waals surface area (Å²) in [6.07, 6.45) is 0. The first-order valence-corrected chi connectivity index (χ1v) is 27.7. The molecule has 0 unspecified atom stereocenters. The van der Waals surface area contributed by atoms with Gasteiger partial charge in [0.2, 0.25) is 0 Å². The lowest BCUT2D eigenvalue weighted by Gasteiger charge is -2.41. The monoisotopic (exact) mass is 596 g/mol. The zero-order chi connectivity index (χ0) is 29.8. The quantitative estimate of drug-likeness (QED) is 0.207. The summed E-state index contributed by atoms with van der Waals surface area (Å²) in [6.45, 7) is 31.7. The van der Waals surface area contributed by atoms with Crippen molar-refractivity contribution in [3.8, 4) is 0 Å². The maximum absolute atomic E-state index is 2.53. The fourth-order valence-electron chi connectivity index (χ4n) is 6.70. The van der Waals surface area contributed by atoms with E-state index in [4.69, 9.17) is 0 Å². The Morgan fingerprint density at radius 3 is 0.750 bits per heavy atom. The van der Waals surface area contributed by atoms with Gasteiger partial charge in [-0.2, -0.15) is 0 Å². The van der Waals surface area contributed by atoms with E-state index in [1.54, 1.807) is 42.3 Å². The summed E-state index contributed by atoms with van der Waals surface area (Å²) < 4.78 is 0. The highest BCUT2D eigenvalue weighted by Crippen LogP contribution is 2.46. The third-order valence-electron chi connectivity index (χ3n) is 9.66. The molecule has 0 spiro atoms. The summed E-state index contributed by atoms with van der Waals surface area (Å²) in [6, 6.07) is 30.0. The molecule has 0 atom stereocenters. The fourth-order valence-corrected chi connectivity index (χ4v) is 16.0. The van der Waals surface area contributed by atoms with Crippen LogP contribution in [0.1, 0.15) is 27.7 Å². The van der Waals surface area contributed by atoms with Crippen molar-refractivity contribution >= 4 is 63.4 Å². The summed E-state index contributed by atoms with van der Waals surface area (Å²) in [7, 11) is -6.73. The topological polar surface area (TPSA) is 0 Å². The first-order valence-electron chi connectivity index (χ1n) is 15.1. The number of allylic oxidation sites excluding steroid dienone is 4. The van der Waals surface area contributed by atoms with Crippen molar-refractivity contribution in [3.63, 3.8) is 0 Å². The smallest absolute Gasteiger partial charge is 0.0656 e. The average Bonchev–Trinajstić information content (AvgIpc) is 3.07. The lowest BCUT2D eigenvalue weighted by molar-refractivity contribution is 1.09. The van der Waals surface area contributed by atoms with E-state index in [1.165, 1.54) is 11.1 Å². The number of hydrogen-bond donors (Lipinski definition) is 0. The lowest BCUT2D eigenvalue weighted by Crippen LogP contribution is -2.70. The number of hydrogen-bond acceptors (Lipinski definition) is 0. The first kappa shape index (κ1) is 31.0. The van der Waals surface area contributed by atoms with Crippen LogP contribution in [0.15, 0.2) is 95.1 Å². The molecule has 4 rings (SSSR count).